The molecule has 3 atom stereocenters. The van der Waals surface area contributed by atoms with E-state index in [1.54, 1.807) is 5.57 Å². The molecule has 1 saturated carbocycles. The van der Waals surface area contributed by atoms with Gasteiger partial charge >= 0.3 is 194 Å². The van der Waals surface area contributed by atoms with Crippen molar-refractivity contribution in [2.45, 2.75) is 23.1 Å². The number of allylic oxidation sites excluding steroid dienone is 4. The number of benzene rings is 3. The molecule has 0 radical (unpaired) electrons. The summed E-state index contributed by atoms with van der Waals surface area (Å²) in [5.74, 6) is 1.30. The number of halogens is 3. The molecule has 0 bridgehead atoms. The molecule has 2 aliphatic rings. The molecule has 0 nitrogen and oxygen atoms in total. The molecule has 33 heavy (non-hydrogen) atoms. The summed E-state index contributed by atoms with van der Waals surface area (Å²) >= 11 is 2.60. The zero-order chi connectivity index (χ0) is 20.6. The molecule has 3 aromatic rings. The zero-order valence-electron chi connectivity index (χ0n) is 18.6. The molecule has 0 spiro atoms. The van der Waals surface area contributed by atoms with Crippen molar-refractivity contribution in [3.05, 3.63) is 115 Å². The monoisotopic (exact) mass is 544 g/mol. The molecule has 0 N–H and O–H groups in total. The number of fused-ring (bicyclic) bond motifs is 1. The molecule has 168 valence electrons. The van der Waals surface area contributed by atoms with Crippen molar-refractivity contribution >= 4 is 23.6 Å². The Morgan fingerprint density at radius 2 is 1.15 bits per heavy atom. The van der Waals surface area contributed by atoms with E-state index in [2.05, 4.69) is 137 Å². The van der Waals surface area contributed by atoms with Crippen LogP contribution >= 0.6 is 0 Å². The van der Waals surface area contributed by atoms with Gasteiger partial charge in [0.1, 0.15) is 0 Å². The van der Waals surface area contributed by atoms with Crippen LogP contribution in [0.25, 0.3) is 0 Å². The SMILES string of the molecule is CC1CC2CC=CC=C2[C]1([Ti+3])[Si](c1ccccc1)(c1ccccc1)c1ccccc1.[Cl-].[Cl-].[Cl-]. The minimum absolute atomic E-state index is 0. The van der Waals surface area contributed by atoms with Crippen LogP contribution < -0.4 is 52.8 Å². The van der Waals surface area contributed by atoms with Crippen molar-refractivity contribution in [3.8, 4) is 0 Å². The summed E-state index contributed by atoms with van der Waals surface area (Å²) in [4.78, 5) is 0. The van der Waals surface area contributed by atoms with Gasteiger partial charge in [0.2, 0.25) is 0 Å². The second-order valence-corrected chi connectivity index (χ2v) is 14.8. The van der Waals surface area contributed by atoms with Gasteiger partial charge in [-0.15, -0.1) is 0 Å². The summed E-state index contributed by atoms with van der Waals surface area (Å²) in [6, 6.07) is 34.3. The summed E-state index contributed by atoms with van der Waals surface area (Å²) in [6.45, 7) is 2.51. The third kappa shape index (κ3) is 4.38. The molecule has 0 saturated heterocycles. The first-order valence-corrected chi connectivity index (χ1v) is 13.8. The van der Waals surface area contributed by atoms with Crippen molar-refractivity contribution < 1.29 is 57.7 Å². The molecular formula is C28H27Cl3SiTi. The largest absolute Gasteiger partial charge is 1.00 e. The Labute approximate surface area is 229 Å². The first kappa shape index (κ1) is 28.2. The molecular weight excluding hydrogens is 519 g/mol. The van der Waals surface area contributed by atoms with Crippen LogP contribution in [-0.2, 0) is 20.4 Å². The minimum Gasteiger partial charge on any atom is -1.00 e. The Balaban J connectivity index is 0.00000128. The van der Waals surface area contributed by atoms with E-state index in [9.17, 15) is 0 Å². The number of hydrogen-bond donors (Lipinski definition) is 0. The van der Waals surface area contributed by atoms with Gasteiger partial charge in [-0.25, -0.2) is 0 Å². The van der Waals surface area contributed by atoms with E-state index in [1.165, 1.54) is 28.4 Å². The Morgan fingerprint density at radius 3 is 1.58 bits per heavy atom. The number of hydrogen-bond acceptors (Lipinski definition) is 0. The van der Waals surface area contributed by atoms with Crippen LogP contribution in [0.15, 0.2) is 115 Å². The summed E-state index contributed by atoms with van der Waals surface area (Å²) < 4.78 is 0.118. The van der Waals surface area contributed by atoms with Gasteiger partial charge in [-0.2, -0.15) is 0 Å². The van der Waals surface area contributed by atoms with Gasteiger partial charge in [0.15, 0.2) is 0 Å². The number of rotatable bonds is 4. The van der Waals surface area contributed by atoms with Crippen molar-refractivity contribution in [2.75, 3.05) is 0 Å². The Bertz CT molecular complexity index is 989. The van der Waals surface area contributed by atoms with Crippen molar-refractivity contribution in [1.29, 1.82) is 0 Å². The van der Waals surface area contributed by atoms with Gasteiger partial charge < -0.3 is 37.2 Å². The fraction of sp³-hybridized carbons (Fsp3) is 0.214. The van der Waals surface area contributed by atoms with Crippen LogP contribution in [0.1, 0.15) is 19.8 Å². The molecule has 5 heteroatoms. The van der Waals surface area contributed by atoms with Crippen LogP contribution in [-0.4, -0.2) is 8.07 Å². The van der Waals surface area contributed by atoms with Gasteiger partial charge in [0.25, 0.3) is 0 Å². The quantitative estimate of drug-likeness (QED) is 0.231. The summed E-state index contributed by atoms with van der Waals surface area (Å²) in [6.07, 6.45) is 9.61. The standard InChI is InChI=1S/C28H27Si.3ClH.Ti/c1-22-21-23-13-11-12-20-27(23)28(22)29(24-14-5-2-6-15-24,25-16-7-3-8-17-25)26-18-9-4-10-19-26;;;;/h2-12,14-20,22-23H,13,21H2,1H3;3*1H;/q;;;;+3/p-3. The molecule has 2 aliphatic carbocycles. The van der Waals surface area contributed by atoms with Crippen LogP contribution in [0.4, 0.5) is 0 Å². The average molecular weight is 546 g/mol. The third-order valence-electron chi connectivity index (χ3n) is 7.32. The third-order valence-corrected chi connectivity index (χ3v) is 15.9. The van der Waals surface area contributed by atoms with E-state index in [4.69, 9.17) is 0 Å². The maximum Gasteiger partial charge on any atom is -1.00 e. The van der Waals surface area contributed by atoms with Crippen LogP contribution in [0.2, 0.25) is 3.34 Å². The summed E-state index contributed by atoms with van der Waals surface area (Å²) in [7, 11) is -2.39. The molecule has 1 fully saturated rings. The summed E-state index contributed by atoms with van der Waals surface area (Å²) in [5.41, 5.74) is 1.68. The van der Waals surface area contributed by atoms with Crippen molar-refractivity contribution in [3.63, 3.8) is 0 Å². The second-order valence-electron chi connectivity index (χ2n) is 8.78. The molecule has 3 unspecified atom stereocenters. The fourth-order valence-corrected chi connectivity index (χ4v) is 14.8. The van der Waals surface area contributed by atoms with Gasteiger partial charge in [-0.1, -0.05) is 0 Å². The molecule has 0 aromatic heterocycles. The normalized spacial score (nSPS) is 23.3. The summed E-state index contributed by atoms with van der Waals surface area (Å²) in [5, 5.41) is 4.56. The first-order chi connectivity index (χ1) is 14.7. The smallest absolute Gasteiger partial charge is 1.00 e. The predicted molar refractivity (Wildman–Crippen MR) is 126 cm³/mol. The van der Waals surface area contributed by atoms with E-state index in [0.717, 1.165) is 0 Å². The topological polar surface area (TPSA) is 0 Å². The Kier molecular flexibility index (Phi) is 9.89. The van der Waals surface area contributed by atoms with E-state index < -0.39 is 8.07 Å². The molecule has 0 heterocycles. The Morgan fingerprint density at radius 1 is 0.727 bits per heavy atom. The predicted octanol–water partition coefficient (Wildman–Crippen LogP) is -4.04. The molecule has 5 rings (SSSR count). The molecule has 3 aromatic carbocycles. The van der Waals surface area contributed by atoms with E-state index in [-0.39, 0.29) is 40.6 Å². The van der Waals surface area contributed by atoms with Gasteiger partial charge in [-0.05, 0) is 0 Å². The van der Waals surface area contributed by atoms with Gasteiger partial charge in [0.05, 0.1) is 0 Å². The Hall–Kier alpha value is -1.06. The molecule has 0 amide bonds. The van der Waals surface area contributed by atoms with Crippen LogP contribution in [0.3, 0.4) is 0 Å². The van der Waals surface area contributed by atoms with Crippen LogP contribution in [0.5, 0.6) is 0 Å². The van der Waals surface area contributed by atoms with Crippen LogP contribution in [0, 0.1) is 11.8 Å². The maximum absolute atomic E-state index is 2.60. The van der Waals surface area contributed by atoms with Crippen molar-refractivity contribution in [2.24, 2.45) is 11.8 Å². The maximum atomic E-state index is 2.60. The first-order valence-electron chi connectivity index (χ1n) is 11.0. The molecule has 0 aliphatic heterocycles. The van der Waals surface area contributed by atoms with Crippen molar-refractivity contribution in [1.82, 2.24) is 0 Å². The second kappa shape index (κ2) is 11.6. The van der Waals surface area contributed by atoms with E-state index >= 15 is 0 Å². The van der Waals surface area contributed by atoms with E-state index in [1.807, 2.05) is 0 Å². The fourth-order valence-electron chi connectivity index (χ4n) is 6.08. The van der Waals surface area contributed by atoms with Gasteiger partial charge in [-0.3, -0.25) is 0 Å². The van der Waals surface area contributed by atoms with Gasteiger partial charge in [0, 0.05) is 0 Å². The average Bonchev–Trinajstić information content (AvgIpc) is 3.07. The van der Waals surface area contributed by atoms with E-state index in [0.29, 0.717) is 11.8 Å². The minimum atomic E-state index is -2.39. The zero-order valence-corrected chi connectivity index (χ0v) is 23.4.